The number of hydrogen-bond acceptors (Lipinski definition) is 0. The van der Waals surface area contributed by atoms with E-state index in [1.807, 2.05) is 0 Å². The minimum absolute atomic E-state index is 0.395. The van der Waals surface area contributed by atoms with E-state index < -0.39 is 0 Å². The molecule has 1 fully saturated rings. The van der Waals surface area contributed by atoms with Crippen LogP contribution in [0.3, 0.4) is 0 Å². The summed E-state index contributed by atoms with van der Waals surface area (Å²) in [6, 6.07) is 18.3. The Hall–Kier alpha value is -2.60. The lowest BCUT2D eigenvalue weighted by Gasteiger charge is -2.31. The van der Waals surface area contributed by atoms with Crippen molar-refractivity contribution in [2.45, 2.75) is 58.8 Å². The molecule has 0 bridgehead atoms. The van der Waals surface area contributed by atoms with Gasteiger partial charge in [0.15, 0.2) is 0 Å². The molecular formula is C32H36. The number of aryl methyl sites for hydroxylation is 1. The van der Waals surface area contributed by atoms with Crippen molar-refractivity contribution in [2.24, 2.45) is 17.8 Å². The van der Waals surface area contributed by atoms with Crippen LogP contribution in [0.5, 0.6) is 0 Å². The molecule has 3 aliphatic rings. The Kier molecular flexibility index (Phi) is 6.05. The first kappa shape index (κ1) is 21.3. The van der Waals surface area contributed by atoms with Gasteiger partial charge in [-0.15, -0.1) is 0 Å². The number of rotatable bonds is 5. The lowest BCUT2D eigenvalue weighted by Crippen LogP contribution is -2.17. The second-order valence-electron chi connectivity index (χ2n) is 10.4. The standard InChI is InChI=1S/C32H36/c1-22(2)25-15-17-27(18-16-25)26-13-11-24(12-14-26)21-28-19-20-32(31-10-6-9-30(28)31)29-8-5-4-7-23(29)3/h4-14,19-20,22,25,27,31H,15-18,21H2,1-3H3. The first-order valence-electron chi connectivity index (χ1n) is 12.5. The summed E-state index contributed by atoms with van der Waals surface area (Å²) in [7, 11) is 0. The molecule has 1 unspecified atom stereocenters. The van der Waals surface area contributed by atoms with Crippen LogP contribution < -0.4 is 0 Å². The highest BCUT2D eigenvalue weighted by Gasteiger charge is 2.27. The Bertz CT molecular complexity index is 1080. The van der Waals surface area contributed by atoms with E-state index in [-0.39, 0.29) is 0 Å². The van der Waals surface area contributed by atoms with E-state index in [0.717, 1.165) is 24.2 Å². The van der Waals surface area contributed by atoms with Gasteiger partial charge in [-0.2, -0.15) is 0 Å². The predicted molar refractivity (Wildman–Crippen MR) is 138 cm³/mol. The van der Waals surface area contributed by atoms with Crippen LogP contribution in [0.15, 0.2) is 90.1 Å². The molecule has 164 valence electrons. The maximum absolute atomic E-state index is 2.41. The monoisotopic (exact) mass is 420 g/mol. The maximum Gasteiger partial charge on any atom is 0.0281 e. The van der Waals surface area contributed by atoms with Gasteiger partial charge in [-0.1, -0.05) is 92.8 Å². The molecule has 32 heavy (non-hydrogen) atoms. The fraction of sp³-hybridized carbons (Fsp3) is 0.375. The quantitative estimate of drug-likeness (QED) is 0.454. The van der Waals surface area contributed by atoms with E-state index in [1.165, 1.54) is 59.1 Å². The van der Waals surface area contributed by atoms with Crippen LogP contribution in [0.25, 0.3) is 5.57 Å². The van der Waals surface area contributed by atoms with Crippen LogP contribution >= 0.6 is 0 Å². The molecule has 1 atom stereocenters. The molecule has 0 heterocycles. The lowest BCUT2D eigenvalue weighted by atomic mass is 9.74. The summed E-state index contributed by atoms with van der Waals surface area (Å²) >= 11 is 0. The average Bonchev–Trinajstić information content (AvgIpc) is 3.31. The van der Waals surface area contributed by atoms with Gasteiger partial charge in [0.05, 0.1) is 0 Å². The van der Waals surface area contributed by atoms with Crippen LogP contribution in [0, 0.1) is 24.7 Å². The molecule has 0 amide bonds. The molecule has 0 heteroatoms. The zero-order valence-corrected chi connectivity index (χ0v) is 19.9. The fourth-order valence-electron chi connectivity index (χ4n) is 6.01. The van der Waals surface area contributed by atoms with Gasteiger partial charge in [-0.25, -0.2) is 0 Å². The first-order valence-corrected chi connectivity index (χ1v) is 12.5. The average molecular weight is 421 g/mol. The van der Waals surface area contributed by atoms with Gasteiger partial charge in [-0.05, 0) is 95.8 Å². The molecule has 0 nitrogen and oxygen atoms in total. The molecule has 2 aromatic carbocycles. The summed E-state index contributed by atoms with van der Waals surface area (Å²) in [6.45, 7) is 6.99. The van der Waals surface area contributed by atoms with E-state index in [1.54, 1.807) is 5.56 Å². The fourth-order valence-corrected chi connectivity index (χ4v) is 6.01. The Balaban J connectivity index is 1.31. The minimum atomic E-state index is 0.395. The predicted octanol–water partition coefficient (Wildman–Crippen LogP) is 8.60. The molecule has 0 N–H and O–H groups in total. The molecule has 0 aliphatic heterocycles. The van der Waals surface area contributed by atoms with Crippen LogP contribution in [-0.2, 0) is 6.42 Å². The Morgan fingerprint density at radius 3 is 2.28 bits per heavy atom. The minimum Gasteiger partial charge on any atom is -0.0726 e. The maximum atomic E-state index is 2.41. The van der Waals surface area contributed by atoms with Gasteiger partial charge in [-0.3, -0.25) is 0 Å². The molecule has 5 rings (SSSR count). The van der Waals surface area contributed by atoms with Gasteiger partial charge >= 0.3 is 0 Å². The topological polar surface area (TPSA) is 0 Å². The van der Waals surface area contributed by atoms with Crippen molar-refractivity contribution in [1.82, 2.24) is 0 Å². The summed E-state index contributed by atoms with van der Waals surface area (Å²) in [5.41, 5.74) is 10.1. The third-order valence-corrected chi connectivity index (χ3v) is 8.10. The summed E-state index contributed by atoms with van der Waals surface area (Å²) in [4.78, 5) is 0. The van der Waals surface area contributed by atoms with Crippen LogP contribution in [0.2, 0.25) is 0 Å². The summed E-state index contributed by atoms with van der Waals surface area (Å²) in [5, 5.41) is 0. The van der Waals surface area contributed by atoms with E-state index in [9.17, 15) is 0 Å². The summed E-state index contributed by atoms with van der Waals surface area (Å²) < 4.78 is 0. The summed E-state index contributed by atoms with van der Waals surface area (Å²) in [6.07, 6.45) is 18.2. The van der Waals surface area contributed by atoms with Crippen molar-refractivity contribution in [1.29, 1.82) is 0 Å². The van der Waals surface area contributed by atoms with Crippen molar-refractivity contribution in [3.05, 3.63) is 112 Å². The van der Waals surface area contributed by atoms with E-state index in [2.05, 4.69) is 99.7 Å². The third-order valence-electron chi connectivity index (χ3n) is 8.10. The normalized spacial score (nSPS) is 24.8. The van der Waals surface area contributed by atoms with Crippen molar-refractivity contribution < 1.29 is 0 Å². The van der Waals surface area contributed by atoms with Gasteiger partial charge in [0.2, 0.25) is 0 Å². The molecule has 0 saturated heterocycles. The van der Waals surface area contributed by atoms with Gasteiger partial charge in [0.1, 0.15) is 0 Å². The van der Waals surface area contributed by atoms with Crippen molar-refractivity contribution in [3.8, 4) is 0 Å². The number of allylic oxidation sites excluding steroid dienone is 8. The highest BCUT2D eigenvalue weighted by molar-refractivity contribution is 5.79. The highest BCUT2D eigenvalue weighted by atomic mass is 14.3. The van der Waals surface area contributed by atoms with Crippen LogP contribution in [-0.4, -0.2) is 0 Å². The third kappa shape index (κ3) is 4.20. The van der Waals surface area contributed by atoms with Crippen molar-refractivity contribution in [2.75, 3.05) is 0 Å². The smallest absolute Gasteiger partial charge is 0.0281 e. The first-order chi connectivity index (χ1) is 15.6. The lowest BCUT2D eigenvalue weighted by molar-refractivity contribution is 0.259. The molecule has 0 spiro atoms. The molecule has 0 radical (unpaired) electrons. The number of hydrogen-bond donors (Lipinski definition) is 0. The molecule has 3 aliphatic carbocycles. The molecular weight excluding hydrogens is 384 g/mol. The Morgan fingerprint density at radius 2 is 1.56 bits per heavy atom. The van der Waals surface area contributed by atoms with E-state index in [0.29, 0.717) is 5.92 Å². The van der Waals surface area contributed by atoms with Gasteiger partial charge in [0, 0.05) is 5.92 Å². The zero-order chi connectivity index (χ0) is 22.1. The zero-order valence-electron chi connectivity index (χ0n) is 19.9. The SMILES string of the molecule is Cc1ccccc1C1=CC=C(Cc2ccc(C3CCC(C(C)C)CC3)cc2)C2=CC=CC21. The van der Waals surface area contributed by atoms with E-state index >= 15 is 0 Å². The van der Waals surface area contributed by atoms with Gasteiger partial charge < -0.3 is 0 Å². The number of fused-ring (bicyclic) bond motifs is 1. The van der Waals surface area contributed by atoms with Crippen LogP contribution in [0.1, 0.15) is 67.7 Å². The highest BCUT2D eigenvalue weighted by Crippen LogP contribution is 2.42. The van der Waals surface area contributed by atoms with Crippen molar-refractivity contribution >= 4 is 5.57 Å². The Morgan fingerprint density at radius 1 is 0.812 bits per heavy atom. The Labute approximate surface area is 194 Å². The summed E-state index contributed by atoms with van der Waals surface area (Å²) in [5.74, 6) is 2.93. The van der Waals surface area contributed by atoms with E-state index in [4.69, 9.17) is 0 Å². The molecule has 2 aromatic rings. The largest absolute Gasteiger partial charge is 0.0726 e. The van der Waals surface area contributed by atoms with Crippen molar-refractivity contribution in [3.63, 3.8) is 0 Å². The molecule has 1 saturated carbocycles. The van der Waals surface area contributed by atoms with Crippen LogP contribution in [0.4, 0.5) is 0 Å². The second kappa shape index (κ2) is 9.10. The molecule has 0 aromatic heterocycles. The number of benzene rings is 2. The van der Waals surface area contributed by atoms with Gasteiger partial charge in [0.25, 0.3) is 0 Å². The second-order valence-corrected chi connectivity index (χ2v) is 10.4.